The Bertz CT molecular complexity index is 410. The smallest absolute Gasteiger partial charge is 0.216 e. The van der Waals surface area contributed by atoms with Gasteiger partial charge in [-0.05, 0) is 44.7 Å². The summed E-state index contributed by atoms with van der Waals surface area (Å²) in [7, 11) is 0. The predicted molar refractivity (Wildman–Crippen MR) is 104 cm³/mol. The summed E-state index contributed by atoms with van der Waals surface area (Å²) in [5, 5.41) is 2.57. The average Bonchev–Trinajstić information content (AvgIpc) is 2.44. The second kappa shape index (κ2) is 15.6. The number of hydrogen-bond acceptors (Lipinski definition) is 1. The summed E-state index contributed by atoms with van der Waals surface area (Å²) in [5.74, 6) is 0.944. The Morgan fingerprint density at radius 2 is 1.65 bits per heavy atom. The van der Waals surface area contributed by atoms with Crippen LogP contribution in [0, 0.1) is 26.7 Å². The number of rotatable bonds is 5. The fourth-order valence-electron chi connectivity index (χ4n) is 1.94. The number of carbonyl (C=O) groups excluding carboxylic acids is 1. The van der Waals surface area contributed by atoms with E-state index in [2.05, 4.69) is 65.1 Å². The van der Waals surface area contributed by atoms with Crippen LogP contribution >= 0.6 is 0 Å². The predicted octanol–water partition coefficient (Wildman–Crippen LogP) is 5.98. The van der Waals surface area contributed by atoms with E-state index in [1.165, 1.54) is 49.3 Å². The Balaban J connectivity index is 0. The molecule has 0 aliphatic rings. The number of nitrogens with one attached hydrogen (secondary N) is 1. The number of carbonyl (C=O) groups is 1. The van der Waals surface area contributed by atoms with E-state index in [0.717, 1.165) is 12.5 Å². The lowest BCUT2D eigenvalue weighted by atomic mass is 10.1. The quantitative estimate of drug-likeness (QED) is 0.664. The summed E-state index contributed by atoms with van der Waals surface area (Å²) in [6, 6.07) is 6.50. The van der Waals surface area contributed by atoms with Crippen molar-refractivity contribution in [2.75, 3.05) is 6.54 Å². The van der Waals surface area contributed by atoms with Crippen LogP contribution < -0.4 is 5.32 Å². The highest BCUT2D eigenvalue weighted by Crippen LogP contribution is 2.08. The third-order valence-corrected chi connectivity index (χ3v) is 3.47. The zero-order valence-electron chi connectivity index (χ0n) is 16.8. The molecule has 0 heterocycles. The Morgan fingerprint density at radius 1 is 1.04 bits per heavy atom. The van der Waals surface area contributed by atoms with Crippen LogP contribution in [0.1, 0.15) is 77.0 Å². The molecule has 0 spiro atoms. The van der Waals surface area contributed by atoms with Gasteiger partial charge in [-0.3, -0.25) is 4.79 Å². The van der Waals surface area contributed by atoms with Gasteiger partial charge in [0, 0.05) is 13.5 Å². The minimum Gasteiger partial charge on any atom is -0.357 e. The molecule has 2 heteroatoms. The first-order valence-electron chi connectivity index (χ1n) is 9.02. The van der Waals surface area contributed by atoms with Gasteiger partial charge in [0.25, 0.3) is 0 Å². The highest BCUT2D eigenvalue weighted by atomic mass is 16.1. The maximum atomic E-state index is 9.93. The molecule has 0 aliphatic carbocycles. The van der Waals surface area contributed by atoms with E-state index in [4.69, 9.17) is 0 Å². The van der Waals surface area contributed by atoms with Crippen LogP contribution in [0.25, 0.3) is 0 Å². The Hall–Kier alpha value is -1.31. The van der Waals surface area contributed by atoms with Gasteiger partial charge in [-0.2, -0.15) is 0 Å². The molecule has 0 saturated heterocycles. The fourth-order valence-corrected chi connectivity index (χ4v) is 1.94. The lowest BCUT2D eigenvalue weighted by Crippen LogP contribution is -2.18. The zero-order chi connectivity index (χ0) is 18.3. The molecule has 1 rings (SSSR count). The number of hydrogen-bond donors (Lipinski definition) is 1. The summed E-state index contributed by atoms with van der Waals surface area (Å²) in [4.78, 5) is 9.93. The SMILES string of the molecule is CCCCCC(C)C.CCNC(C)=O.Cc1ccc(C)c(C)c1. The summed E-state index contributed by atoms with van der Waals surface area (Å²) in [5.41, 5.74) is 4.11. The lowest BCUT2D eigenvalue weighted by molar-refractivity contribution is -0.118. The minimum absolute atomic E-state index is 0.0394. The molecule has 1 N–H and O–H groups in total. The van der Waals surface area contributed by atoms with Gasteiger partial charge in [0.2, 0.25) is 5.91 Å². The van der Waals surface area contributed by atoms with Crippen LogP contribution in [0.2, 0.25) is 0 Å². The van der Waals surface area contributed by atoms with Gasteiger partial charge in [-0.1, -0.05) is 70.2 Å². The molecule has 0 radical (unpaired) electrons. The van der Waals surface area contributed by atoms with E-state index >= 15 is 0 Å². The first kappa shape index (κ1) is 23.9. The van der Waals surface area contributed by atoms with Crippen molar-refractivity contribution in [3.8, 4) is 0 Å². The lowest BCUT2D eigenvalue weighted by Gasteiger charge is -2.00. The standard InChI is InChI=1S/C9H12.C8H18.C4H9NO/c1-7-4-5-8(2)9(3)6-7;1-4-5-6-7-8(2)3;1-3-5-4(2)6/h4-6H,1-3H3;8H,4-7H2,1-3H3;3H2,1-2H3,(H,5,6). The molecular weight excluding hydrogens is 282 g/mol. The van der Waals surface area contributed by atoms with Crippen LogP contribution in [0.3, 0.4) is 0 Å². The van der Waals surface area contributed by atoms with Crippen molar-refractivity contribution in [2.24, 2.45) is 5.92 Å². The van der Waals surface area contributed by atoms with Crippen molar-refractivity contribution < 1.29 is 4.79 Å². The van der Waals surface area contributed by atoms with E-state index in [-0.39, 0.29) is 5.91 Å². The summed E-state index contributed by atoms with van der Waals surface area (Å²) >= 11 is 0. The largest absolute Gasteiger partial charge is 0.357 e. The summed E-state index contributed by atoms with van der Waals surface area (Å²) in [6.07, 6.45) is 5.60. The van der Waals surface area contributed by atoms with Crippen molar-refractivity contribution in [3.05, 3.63) is 34.9 Å². The minimum atomic E-state index is 0.0394. The highest BCUT2D eigenvalue weighted by molar-refractivity contribution is 5.72. The molecule has 0 saturated carbocycles. The van der Waals surface area contributed by atoms with Crippen molar-refractivity contribution in [2.45, 2.75) is 81.1 Å². The molecule has 2 nitrogen and oxygen atoms in total. The van der Waals surface area contributed by atoms with Gasteiger partial charge in [0.15, 0.2) is 0 Å². The molecule has 0 unspecified atom stereocenters. The zero-order valence-corrected chi connectivity index (χ0v) is 16.8. The Labute approximate surface area is 145 Å². The normalized spacial score (nSPS) is 9.43. The van der Waals surface area contributed by atoms with Gasteiger partial charge < -0.3 is 5.32 Å². The number of unbranched alkanes of at least 4 members (excludes halogenated alkanes) is 2. The topological polar surface area (TPSA) is 29.1 Å². The van der Waals surface area contributed by atoms with E-state index < -0.39 is 0 Å². The van der Waals surface area contributed by atoms with Gasteiger partial charge in [-0.25, -0.2) is 0 Å². The van der Waals surface area contributed by atoms with Crippen LogP contribution in [0.5, 0.6) is 0 Å². The summed E-state index contributed by atoms with van der Waals surface area (Å²) in [6.45, 7) is 17.3. The maximum absolute atomic E-state index is 9.93. The molecule has 1 aromatic carbocycles. The first-order valence-corrected chi connectivity index (χ1v) is 9.02. The van der Waals surface area contributed by atoms with Gasteiger partial charge in [0.1, 0.15) is 0 Å². The second-order valence-corrected chi connectivity index (χ2v) is 6.56. The van der Waals surface area contributed by atoms with Crippen molar-refractivity contribution in [1.82, 2.24) is 5.32 Å². The van der Waals surface area contributed by atoms with E-state index in [1.807, 2.05) is 6.92 Å². The molecule has 0 fully saturated rings. The molecule has 134 valence electrons. The van der Waals surface area contributed by atoms with E-state index in [0.29, 0.717) is 0 Å². The number of amides is 1. The van der Waals surface area contributed by atoms with E-state index in [9.17, 15) is 4.79 Å². The molecule has 1 aromatic rings. The third kappa shape index (κ3) is 18.6. The molecule has 1 amide bonds. The Kier molecular flexibility index (Phi) is 16.2. The van der Waals surface area contributed by atoms with Crippen LogP contribution in [-0.4, -0.2) is 12.5 Å². The highest BCUT2D eigenvalue weighted by Gasteiger charge is 1.90. The van der Waals surface area contributed by atoms with Crippen LogP contribution in [-0.2, 0) is 4.79 Å². The molecule has 0 bridgehead atoms. The average molecular weight is 322 g/mol. The van der Waals surface area contributed by atoms with Crippen molar-refractivity contribution in [1.29, 1.82) is 0 Å². The molecule has 23 heavy (non-hydrogen) atoms. The maximum Gasteiger partial charge on any atom is 0.216 e. The third-order valence-electron chi connectivity index (χ3n) is 3.47. The monoisotopic (exact) mass is 321 g/mol. The van der Waals surface area contributed by atoms with Gasteiger partial charge >= 0.3 is 0 Å². The number of aryl methyl sites for hydroxylation is 3. The van der Waals surface area contributed by atoms with Crippen molar-refractivity contribution in [3.63, 3.8) is 0 Å². The fraction of sp³-hybridized carbons (Fsp3) is 0.667. The molecule has 0 aliphatic heterocycles. The van der Waals surface area contributed by atoms with Gasteiger partial charge in [0.05, 0.1) is 0 Å². The van der Waals surface area contributed by atoms with Crippen LogP contribution in [0.4, 0.5) is 0 Å². The van der Waals surface area contributed by atoms with Gasteiger partial charge in [-0.15, -0.1) is 0 Å². The van der Waals surface area contributed by atoms with Crippen LogP contribution in [0.15, 0.2) is 18.2 Å². The van der Waals surface area contributed by atoms with Crippen molar-refractivity contribution >= 4 is 5.91 Å². The Morgan fingerprint density at radius 3 is 1.96 bits per heavy atom. The molecule has 0 atom stereocenters. The van der Waals surface area contributed by atoms with E-state index in [1.54, 1.807) is 0 Å². The molecule has 0 aromatic heterocycles. The second-order valence-electron chi connectivity index (χ2n) is 6.56. The summed E-state index contributed by atoms with van der Waals surface area (Å²) < 4.78 is 0. The number of benzene rings is 1. The molecular formula is C21H39NO. The first-order chi connectivity index (χ1) is 10.7.